The van der Waals surface area contributed by atoms with Crippen LogP contribution in [-0.4, -0.2) is 28.4 Å². The Hall–Kier alpha value is -5.24. The molecule has 0 amide bonds. The summed E-state index contributed by atoms with van der Waals surface area (Å²) in [6.45, 7) is 1.74. The van der Waals surface area contributed by atoms with E-state index in [2.05, 4.69) is 5.32 Å². The average molecular weight is 520 g/mol. The van der Waals surface area contributed by atoms with E-state index in [0.29, 0.717) is 5.69 Å². The first-order valence-electron chi connectivity index (χ1n) is 12.4. The van der Waals surface area contributed by atoms with Crippen molar-refractivity contribution in [2.75, 3.05) is 11.9 Å². The predicted octanol–water partition coefficient (Wildman–Crippen LogP) is 6.24. The van der Waals surface area contributed by atoms with Crippen molar-refractivity contribution >= 4 is 28.9 Å². The maximum absolute atomic E-state index is 13.4. The van der Waals surface area contributed by atoms with Crippen molar-refractivity contribution < 1.29 is 19.6 Å². The van der Waals surface area contributed by atoms with E-state index in [1.807, 2.05) is 84.9 Å². The molecular formula is C31H25N3O5. The second-order valence-corrected chi connectivity index (χ2v) is 8.82. The minimum absolute atomic E-state index is 0.0717. The minimum atomic E-state index is -1.06. The van der Waals surface area contributed by atoms with E-state index in [4.69, 9.17) is 9.73 Å². The third kappa shape index (κ3) is 4.64. The number of non-ortho nitro benzene ring substituents is 1. The monoisotopic (exact) mass is 519 g/mol. The van der Waals surface area contributed by atoms with Gasteiger partial charge in [0, 0.05) is 28.9 Å². The van der Waals surface area contributed by atoms with Crippen LogP contribution in [0.25, 0.3) is 5.76 Å². The summed E-state index contributed by atoms with van der Waals surface area (Å²) in [7, 11) is 0. The molecule has 1 aliphatic heterocycles. The number of amidine groups is 1. The highest BCUT2D eigenvalue weighted by molar-refractivity contribution is 6.28. The van der Waals surface area contributed by atoms with Crippen LogP contribution < -0.4 is 5.32 Å². The van der Waals surface area contributed by atoms with Crippen LogP contribution in [0.3, 0.4) is 0 Å². The summed E-state index contributed by atoms with van der Waals surface area (Å²) in [4.78, 5) is 29.1. The van der Waals surface area contributed by atoms with E-state index in [1.165, 1.54) is 24.3 Å². The van der Waals surface area contributed by atoms with Gasteiger partial charge in [0.25, 0.3) is 5.69 Å². The fourth-order valence-electron chi connectivity index (χ4n) is 4.77. The number of ether oxygens (including phenoxy) is 1. The molecule has 0 spiro atoms. The highest BCUT2D eigenvalue weighted by atomic mass is 16.6. The number of hydrogen-bond acceptors (Lipinski definition) is 7. The quantitative estimate of drug-likeness (QED) is 0.0982. The summed E-state index contributed by atoms with van der Waals surface area (Å²) < 4.78 is 5.34. The molecule has 0 unspecified atom stereocenters. The lowest BCUT2D eigenvalue weighted by Gasteiger charge is -2.38. The number of hydrogen-bond donors (Lipinski definition) is 2. The van der Waals surface area contributed by atoms with Crippen molar-refractivity contribution in [3.63, 3.8) is 0 Å². The molecule has 8 heteroatoms. The van der Waals surface area contributed by atoms with Crippen molar-refractivity contribution in [2.45, 2.75) is 12.5 Å². The molecule has 194 valence electrons. The van der Waals surface area contributed by atoms with Crippen LogP contribution in [-0.2, 0) is 15.1 Å². The van der Waals surface area contributed by atoms with Crippen LogP contribution in [0.5, 0.6) is 0 Å². The van der Waals surface area contributed by atoms with Crippen LogP contribution in [0.15, 0.2) is 120 Å². The van der Waals surface area contributed by atoms with Crippen LogP contribution in [0.4, 0.5) is 11.4 Å². The van der Waals surface area contributed by atoms with Crippen LogP contribution in [0.1, 0.15) is 29.2 Å². The number of fused-ring (bicyclic) bond motifs is 1. The zero-order valence-electron chi connectivity index (χ0n) is 21.1. The molecule has 8 nitrogen and oxygen atoms in total. The van der Waals surface area contributed by atoms with Crippen molar-refractivity contribution in [3.05, 3.63) is 147 Å². The van der Waals surface area contributed by atoms with Gasteiger partial charge in [-0.3, -0.25) is 10.1 Å². The first-order valence-corrected chi connectivity index (χ1v) is 12.4. The number of aliphatic hydroxyl groups is 1. The Morgan fingerprint density at radius 1 is 0.897 bits per heavy atom. The predicted molar refractivity (Wildman–Crippen MR) is 150 cm³/mol. The van der Waals surface area contributed by atoms with Crippen molar-refractivity contribution in [1.29, 1.82) is 0 Å². The van der Waals surface area contributed by atoms with E-state index >= 15 is 0 Å². The fourth-order valence-corrected chi connectivity index (χ4v) is 4.77. The van der Waals surface area contributed by atoms with Crippen LogP contribution in [0.2, 0.25) is 0 Å². The van der Waals surface area contributed by atoms with Gasteiger partial charge in [0.1, 0.15) is 22.7 Å². The van der Waals surface area contributed by atoms with E-state index in [0.717, 1.165) is 16.7 Å². The molecule has 4 aromatic carbocycles. The SMILES string of the molecule is CCOC(=O)/C(C1=NC(c2ccccc2)(c2ccccc2)c2ccccc2N1)=C(/O)c1ccc([N+](=O)[O-])cc1. The lowest BCUT2D eigenvalue weighted by Crippen LogP contribution is -2.38. The van der Waals surface area contributed by atoms with Gasteiger partial charge < -0.3 is 15.2 Å². The summed E-state index contributed by atoms with van der Waals surface area (Å²) in [6, 6.07) is 32.4. The molecule has 0 fully saturated rings. The zero-order valence-corrected chi connectivity index (χ0v) is 21.1. The molecular weight excluding hydrogens is 494 g/mol. The number of nitro benzene ring substituents is 1. The van der Waals surface area contributed by atoms with Gasteiger partial charge in [-0.1, -0.05) is 78.9 Å². The van der Waals surface area contributed by atoms with E-state index in [9.17, 15) is 20.0 Å². The number of aliphatic imine (C=N–C) groups is 1. The highest BCUT2D eigenvalue weighted by Crippen LogP contribution is 2.46. The van der Waals surface area contributed by atoms with Gasteiger partial charge >= 0.3 is 5.97 Å². The number of aliphatic hydroxyl groups excluding tert-OH is 1. The maximum atomic E-state index is 13.4. The molecule has 0 saturated carbocycles. The Morgan fingerprint density at radius 2 is 1.46 bits per heavy atom. The smallest absolute Gasteiger partial charge is 0.345 e. The Balaban J connectivity index is 1.81. The van der Waals surface area contributed by atoms with Gasteiger partial charge in [0.15, 0.2) is 0 Å². The summed E-state index contributed by atoms with van der Waals surface area (Å²) in [5.41, 5.74) is 2.11. The number of esters is 1. The van der Waals surface area contributed by atoms with Gasteiger partial charge in [-0.15, -0.1) is 0 Å². The number of carbonyl (C=O) groups excluding carboxylic acids is 1. The highest BCUT2D eigenvalue weighted by Gasteiger charge is 2.42. The number of carbonyl (C=O) groups is 1. The molecule has 0 atom stereocenters. The van der Waals surface area contributed by atoms with E-state index in [-0.39, 0.29) is 29.3 Å². The van der Waals surface area contributed by atoms with Crippen molar-refractivity contribution in [1.82, 2.24) is 0 Å². The third-order valence-corrected chi connectivity index (χ3v) is 6.54. The van der Waals surface area contributed by atoms with Crippen LogP contribution >= 0.6 is 0 Å². The van der Waals surface area contributed by atoms with E-state index < -0.39 is 22.2 Å². The average Bonchev–Trinajstić information content (AvgIpc) is 2.98. The first-order chi connectivity index (χ1) is 19.0. The number of anilines is 1. The molecule has 0 saturated heterocycles. The van der Waals surface area contributed by atoms with Gasteiger partial charge in [0.05, 0.1) is 11.5 Å². The topological polar surface area (TPSA) is 114 Å². The molecule has 2 N–H and O–H groups in total. The third-order valence-electron chi connectivity index (χ3n) is 6.54. The number of rotatable bonds is 7. The Kier molecular flexibility index (Phi) is 6.93. The van der Waals surface area contributed by atoms with Crippen molar-refractivity contribution in [2.24, 2.45) is 4.99 Å². The van der Waals surface area contributed by atoms with Gasteiger partial charge in [0.2, 0.25) is 0 Å². The lowest BCUT2D eigenvalue weighted by molar-refractivity contribution is -0.384. The summed E-state index contributed by atoms with van der Waals surface area (Å²) in [5.74, 6) is -1.09. The molecule has 0 radical (unpaired) electrons. The molecule has 0 aliphatic carbocycles. The Labute approximate surface area is 225 Å². The zero-order chi connectivity index (χ0) is 27.4. The summed E-state index contributed by atoms with van der Waals surface area (Å²) >= 11 is 0. The molecule has 39 heavy (non-hydrogen) atoms. The molecule has 0 aromatic heterocycles. The maximum Gasteiger partial charge on any atom is 0.345 e. The Bertz CT molecular complexity index is 1540. The number of para-hydroxylation sites is 1. The number of benzene rings is 4. The van der Waals surface area contributed by atoms with Crippen LogP contribution in [0, 0.1) is 10.1 Å². The number of nitrogens with zero attached hydrogens (tertiary/aromatic N) is 2. The number of nitrogens with one attached hydrogen (secondary N) is 1. The molecule has 5 rings (SSSR count). The van der Waals surface area contributed by atoms with Gasteiger partial charge in [-0.25, -0.2) is 9.79 Å². The largest absolute Gasteiger partial charge is 0.506 e. The molecule has 0 bridgehead atoms. The summed E-state index contributed by atoms with van der Waals surface area (Å²) in [6.07, 6.45) is 0. The lowest BCUT2D eigenvalue weighted by atomic mass is 9.75. The normalized spacial score (nSPS) is 14.2. The molecule has 4 aromatic rings. The Morgan fingerprint density at radius 3 is 2.03 bits per heavy atom. The van der Waals surface area contributed by atoms with Gasteiger partial charge in [-0.05, 0) is 36.2 Å². The van der Waals surface area contributed by atoms with Gasteiger partial charge in [-0.2, -0.15) is 0 Å². The number of nitro groups is 1. The fraction of sp³-hybridized carbons (Fsp3) is 0.0968. The van der Waals surface area contributed by atoms with E-state index in [1.54, 1.807) is 6.92 Å². The van der Waals surface area contributed by atoms with Crippen molar-refractivity contribution in [3.8, 4) is 0 Å². The first kappa shape index (κ1) is 25.4. The summed E-state index contributed by atoms with van der Waals surface area (Å²) in [5, 5.41) is 25.8. The molecule has 1 heterocycles. The second-order valence-electron chi connectivity index (χ2n) is 8.82. The second kappa shape index (κ2) is 10.6. The minimum Gasteiger partial charge on any atom is -0.506 e. The standard InChI is InChI=1S/C31H25N3O5/c1-2-39-30(36)27(28(35)21-17-19-24(20-18-21)34(37)38)29-32-26-16-10-9-15-25(26)31(33-29,22-11-5-3-6-12-22)23-13-7-4-8-14-23/h3-20,35H,2H2,1H3,(H,32,33)/b28-27+. The molecule has 1 aliphatic rings.